The number of hydrogen-bond donors (Lipinski definition) is 1. The SMILES string of the molecule is C=C/C=c1/cc2c(n/c1=C/C=C)[nH]c(=O)n2C.CC.CC. The minimum atomic E-state index is -0.173. The Morgan fingerprint density at radius 2 is 1.71 bits per heavy atom. The van der Waals surface area contributed by atoms with Gasteiger partial charge in [0.05, 0.1) is 10.9 Å². The standard InChI is InChI=1S/C13H13N3O.2C2H6/c1-4-6-9-8-11-12(14-10(9)7-5-2)15-13(17)16(11)3;2*1-2/h4-8H,1-2H2,3H3,(H,14,15,17);2*1-2H3/b9-6-,10-7+;;. The van der Waals surface area contributed by atoms with Crippen LogP contribution in [0.1, 0.15) is 27.7 Å². The Hall–Kier alpha value is -2.36. The van der Waals surface area contributed by atoms with Gasteiger partial charge < -0.3 is 0 Å². The summed E-state index contributed by atoms with van der Waals surface area (Å²) in [7, 11) is 1.71. The zero-order valence-electron chi connectivity index (χ0n) is 13.6. The second-order valence-corrected chi connectivity index (χ2v) is 3.62. The van der Waals surface area contributed by atoms with Gasteiger partial charge in [0.25, 0.3) is 0 Å². The fourth-order valence-corrected chi connectivity index (χ4v) is 1.68. The number of fused-ring (bicyclic) bond motifs is 1. The molecule has 1 N–H and O–H groups in total. The molecule has 114 valence electrons. The summed E-state index contributed by atoms with van der Waals surface area (Å²) in [5.41, 5.74) is 1.17. The average Bonchev–Trinajstić information content (AvgIpc) is 2.79. The molecule has 0 fully saturated rings. The van der Waals surface area contributed by atoms with Gasteiger partial charge in [0.2, 0.25) is 0 Å². The van der Waals surface area contributed by atoms with Gasteiger partial charge >= 0.3 is 5.69 Å². The van der Waals surface area contributed by atoms with Crippen molar-refractivity contribution in [1.29, 1.82) is 0 Å². The van der Waals surface area contributed by atoms with Crippen LogP contribution in [0.4, 0.5) is 0 Å². The van der Waals surface area contributed by atoms with Crippen molar-refractivity contribution in [3.63, 3.8) is 0 Å². The first kappa shape index (κ1) is 18.6. The Labute approximate surface area is 125 Å². The third-order valence-electron chi connectivity index (χ3n) is 2.53. The van der Waals surface area contributed by atoms with Crippen LogP contribution in [0.15, 0.2) is 36.2 Å². The molecule has 2 heterocycles. The van der Waals surface area contributed by atoms with E-state index in [9.17, 15) is 4.79 Å². The Morgan fingerprint density at radius 3 is 2.24 bits per heavy atom. The van der Waals surface area contributed by atoms with Crippen LogP contribution < -0.4 is 16.3 Å². The topological polar surface area (TPSA) is 50.7 Å². The van der Waals surface area contributed by atoms with Gasteiger partial charge in [-0.05, 0) is 12.1 Å². The van der Waals surface area contributed by atoms with E-state index < -0.39 is 0 Å². The van der Waals surface area contributed by atoms with Crippen LogP contribution in [-0.4, -0.2) is 14.5 Å². The van der Waals surface area contributed by atoms with Gasteiger partial charge in [0.1, 0.15) is 0 Å². The van der Waals surface area contributed by atoms with Crippen LogP contribution in [0.3, 0.4) is 0 Å². The molecular formula is C17H25N3O. The number of nitrogens with zero attached hydrogens (tertiary/aromatic N) is 2. The van der Waals surface area contributed by atoms with Crippen molar-refractivity contribution in [3.05, 3.63) is 52.4 Å². The summed E-state index contributed by atoms with van der Waals surface area (Å²) < 4.78 is 1.53. The van der Waals surface area contributed by atoms with Crippen LogP contribution in [0.25, 0.3) is 23.3 Å². The van der Waals surface area contributed by atoms with Crippen molar-refractivity contribution in [2.45, 2.75) is 27.7 Å². The molecule has 0 amide bonds. The molecule has 2 aromatic heterocycles. The first-order chi connectivity index (χ1) is 10.2. The maximum Gasteiger partial charge on any atom is 0.327 e. The Bertz CT molecular complexity index is 764. The van der Waals surface area contributed by atoms with Gasteiger partial charge in [-0.3, -0.25) is 9.55 Å². The summed E-state index contributed by atoms with van der Waals surface area (Å²) in [4.78, 5) is 18.6. The van der Waals surface area contributed by atoms with E-state index in [2.05, 4.69) is 23.1 Å². The Balaban J connectivity index is 0.000000921. The minimum Gasteiger partial charge on any atom is -0.294 e. The lowest BCUT2D eigenvalue weighted by Crippen LogP contribution is -2.27. The molecule has 0 saturated carbocycles. The van der Waals surface area contributed by atoms with Gasteiger partial charge in [0, 0.05) is 12.3 Å². The predicted molar refractivity (Wildman–Crippen MR) is 92.6 cm³/mol. The number of nitrogens with one attached hydrogen (secondary N) is 1. The van der Waals surface area contributed by atoms with Gasteiger partial charge in [0.15, 0.2) is 5.65 Å². The molecule has 0 atom stereocenters. The van der Waals surface area contributed by atoms with E-state index >= 15 is 0 Å². The number of allylic oxidation sites excluding steroid dienone is 2. The van der Waals surface area contributed by atoms with E-state index in [1.165, 1.54) is 4.57 Å². The fraction of sp³-hybridized carbons (Fsp3) is 0.294. The predicted octanol–water partition coefficient (Wildman–Crippen LogP) is 2.25. The van der Waals surface area contributed by atoms with E-state index in [1.807, 2.05) is 39.8 Å². The van der Waals surface area contributed by atoms with Gasteiger partial charge in [-0.1, -0.05) is 59.1 Å². The number of rotatable bonds is 2. The highest BCUT2D eigenvalue weighted by Gasteiger charge is 2.03. The van der Waals surface area contributed by atoms with E-state index in [-0.39, 0.29) is 5.69 Å². The molecule has 2 rings (SSSR count). The van der Waals surface area contributed by atoms with Crippen molar-refractivity contribution >= 4 is 23.3 Å². The van der Waals surface area contributed by atoms with Crippen LogP contribution in [0.2, 0.25) is 0 Å². The summed E-state index contributed by atoms with van der Waals surface area (Å²) >= 11 is 0. The Kier molecular flexibility index (Phi) is 8.46. The largest absolute Gasteiger partial charge is 0.327 e. The summed E-state index contributed by atoms with van der Waals surface area (Å²) in [6.07, 6.45) is 6.99. The summed E-state index contributed by atoms with van der Waals surface area (Å²) in [6, 6.07) is 1.90. The van der Waals surface area contributed by atoms with Crippen molar-refractivity contribution < 1.29 is 0 Å². The van der Waals surface area contributed by atoms with Gasteiger partial charge in [-0.25, -0.2) is 9.78 Å². The third kappa shape index (κ3) is 4.31. The number of hydrogen-bond acceptors (Lipinski definition) is 2. The van der Waals surface area contributed by atoms with E-state index in [0.717, 1.165) is 16.1 Å². The number of pyridine rings is 1. The maximum atomic E-state index is 11.5. The molecule has 0 aliphatic carbocycles. The highest BCUT2D eigenvalue weighted by atomic mass is 16.1. The van der Waals surface area contributed by atoms with Gasteiger partial charge in [-0.2, -0.15) is 0 Å². The zero-order chi connectivity index (χ0) is 16.4. The maximum absolute atomic E-state index is 11.5. The second kappa shape index (κ2) is 9.53. The first-order valence-corrected chi connectivity index (χ1v) is 7.18. The number of imidazole rings is 1. The first-order valence-electron chi connectivity index (χ1n) is 7.18. The quantitative estimate of drug-likeness (QED) is 0.921. The van der Waals surface area contributed by atoms with Crippen LogP contribution in [0.5, 0.6) is 0 Å². The lowest BCUT2D eigenvalue weighted by molar-refractivity contribution is 0.891. The highest BCUT2D eigenvalue weighted by Crippen LogP contribution is 1.99. The molecule has 0 saturated heterocycles. The third-order valence-corrected chi connectivity index (χ3v) is 2.53. The van der Waals surface area contributed by atoms with E-state index in [4.69, 9.17) is 0 Å². The average molecular weight is 287 g/mol. The summed E-state index contributed by atoms with van der Waals surface area (Å²) in [5, 5.41) is 1.66. The monoisotopic (exact) mass is 287 g/mol. The second-order valence-electron chi connectivity index (χ2n) is 3.62. The van der Waals surface area contributed by atoms with Crippen LogP contribution in [0, 0.1) is 0 Å². The molecule has 21 heavy (non-hydrogen) atoms. The molecule has 0 bridgehead atoms. The number of aromatic nitrogens is 3. The molecule has 0 aliphatic rings. The smallest absolute Gasteiger partial charge is 0.294 e. The van der Waals surface area contributed by atoms with Crippen molar-refractivity contribution in [2.24, 2.45) is 7.05 Å². The zero-order valence-corrected chi connectivity index (χ0v) is 13.6. The molecular weight excluding hydrogens is 262 g/mol. The lowest BCUT2D eigenvalue weighted by atomic mass is 10.3. The molecule has 0 radical (unpaired) electrons. The highest BCUT2D eigenvalue weighted by molar-refractivity contribution is 5.71. The minimum absolute atomic E-state index is 0.173. The number of H-pyrrole nitrogens is 1. The summed E-state index contributed by atoms with van der Waals surface area (Å²) in [6.45, 7) is 15.3. The van der Waals surface area contributed by atoms with Crippen molar-refractivity contribution in [3.8, 4) is 0 Å². The summed E-state index contributed by atoms with van der Waals surface area (Å²) in [5.74, 6) is 0. The number of aryl methyl sites for hydroxylation is 1. The normalized spacial score (nSPS) is 11.3. The van der Waals surface area contributed by atoms with Crippen molar-refractivity contribution in [1.82, 2.24) is 14.5 Å². The molecule has 0 aromatic carbocycles. The Morgan fingerprint density at radius 1 is 1.14 bits per heavy atom. The van der Waals surface area contributed by atoms with Crippen LogP contribution in [-0.2, 0) is 7.05 Å². The van der Waals surface area contributed by atoms with Gasteiger partial charge in [-0.15, -0.1) is 0 Å². The molecule has 0 unspecified atom stereocenters. The van der Waals surface area contributed by atoms with E-state index in [1.54, 1.807) is 25.3 Å². The van der Waals surface area contributed by atoms with Crippen molar-refractivity contribution in [2.75, 3.05) is 0 Å². The molecule has 4 heteroatoms. The lowest BCUT2D eigenvalue weighted by Gasteiger charge is -1.94. The van der Waals surface area contributed by atoms with Crippen LogP contribution >= 0.6 is 0 Å². The number of aromatic amines is 1. The molecule has 0 aliphatic heterocycles. The fourth-order valence-electron chi connectivity index (χ4n) is 1.68. The molecule has 4 nitrogen and oxygen atoms in total. The molecule has 0 spiro atoms. The van der Waals surface area contributed by atoms with E-state index in [0.29, 0.717) is 5.65 Å². The molecule has 2 aromatic rings.